The zero-order valence-electron chi connectivity index (χ0n) is 10.9. The quantitative estimate of drug-likeness (QED) is 0.773. The van der Waals surface area contributed by atoms with Crippen LogP contribution in [0.3, 0.4) is 0 Å². The summed E-state index contributed by atoms with van der Waals surface area (Å²) < 4.78 is 15.2. The highest BCUT2D eigenvalue weighted by atomic mass is 16.5. The van der Waals surface area contributed by atoms with Crippen LogP contribution in [0, 0.1) is 6.92 Å². The van der Waals surface area contributed by atoms with Gasteiger partial charge in [0.15, 0.2) is 5.76 Å². The standard InChI is InChI=1S/C14H15NO4/c1-10-7-13(19-15-10)9-18-12-5-3-11(4-6-12)8-14(16)17-2/h3-7H,8-9H2,1-2H3. The largest absolute Gasteiger partial charge is 0.486 e. The fourth-order valence-corrected chi connectivity index (χ4v) is 1.58. The lowest BCUT2D eigenvalue weighted by Crippen LogP contribution is -2.04. The smallest absolute Gasteiger partial charge is 0.309 e. The molecule has 0 aliphatic carbocycles. The van der Waals surface area contributed by atoms with Gasteiger partial charge in [0, 0.05) is 6.07 Å². The number of aromatic nitrogens is 1. The van der Waals surface area contributed by atoms with E-state index in [0.717, 1.165) is 11.3 Å². The monoisotopic (exact) mass is 261 g/mol. The summed E-state index contributed by atoms with van der Waals surface area (Å²) in [5, 5.41) is 3.78. The molecule has 100 valence electrons. The Bertz CT molecular complexity index is 545. The number of ether oxygens (including phenoxy) is 2. The van der Waals surface area contributed by atoms with Crippen molar-refractivity contribution < 1.29 is 18.8 Å². The third-order valence-corrected chi connectivity index (χ3v) is 2.56. The lowest BCUT2D eigenvalue weighted by Gasteiger charge is -2.05. The van der Waals surface area contributed by atoms with E-state index >= 15 is 0 Å². The van der Waals surface area contributed by atoms with E-state index in [1.807, 2.05) is 37.3 Å². The molecule has 5 heteroatoms. The van der Waals surface area contributed by atoms with Crippen molar-refractivity contribution in [2.75, 3.05) is 7.11 Å². The van der Waals surface area contributed by atoms with Crippen LogP contribution in [-0.4, -0.2) is 18.2 Å². The van der Waals surface area contributed by atoms with Crippen LogP contribution in [0.15, 0.2) is 34.9 Å². The lowest BCUT2D eigenvalue weighted by atomic mass is 10.1. The zero-order chi connectivity index (χ0) is 13.7. The maximum Gasteiger partial charge on any atom is 0.309 e. The van der Waals surface area contributed by atoms with Crippen molar-refractivity contribution in [1.82, 2.24) is 5.16 Å². The van der Waals surface area contributed by atoms with E-state index in [2.05, 4.69) is 9.89 Å². The molecule has 0 saturated carbocycles. The van der Waals surface area contributed by atoms with Crippen LogP contribution >= 0.6 is 0 Å². The number of nitrogens with zero attached hydrogens (tertiary/aromatic N) is 1. The summed E-state index contributed by atoms with van der Waals surface area (Å²) in [7, 11) is 1.37. The number of esters is 1. The Morgan fingerprint density at radius 1 is 1.32 bits per heavy atom. The zero-order valence-corrected chi connectivity index (χ0v) is 10.9. The Kier molecular flexibility index (Phi) is 4.18. The summed E-state index contributed by atoms with van der Waals surface area (Å²) in [6, 6.07) is 9.10. The van der Waals surface area contributed by atoms with Gasteiger partial charge in [-0.2, -0.15) is 0 Å². The highest BCUT2D eigenvalue weighted by molar-refractivity contribution is 5.72. The van der Waals surface area contributed by atoms with E-state index in [-0.39, 0.29) is 12.4 Å². The van der Waals surface area contributed by atoms with Crippen LogP contribution in [0.4, 0.5) is 0 Å². The van der Waals surface area contributed by atoms with Gasteiger partial charge in [-0.15, -0.1) is 0 Å². The molecule has 1 aromatic carbocycles. The molecule has 2 rings (SSSR count). The molecule has 0 bridgehead atoms. The lowest BCUT2D eigenvalue weighted by molar-refractivity contribution is -0.139. The second kappa shape index (κ2) is 6.04. The molecule has 0 spiro atoms. The fraction of sp³-hybridized carbons (Fsp3) is 0.286. The minimum Gasteiger partial charge on any atom is -0.486 e. The van der Waals surface area contributed by atoms with E-state index in [1.54, 1.807) is 0 Å². The summed E-state index contributed by atoms with van der Waals surface area (Å²) in [6.45, 7) is 2.19. The molecule has 1 heterocycles. The van der Waals surface area contributed by atoms with Crippen LogP contribution < -0.4 is 4.74 Å². The van der Waals surface area contributed by atoms with Crippen molar-refractivity contribution in [2.45, 2.75) is 20.0 Å². The number of methoxy groups -OCH3 is 1. The van der Waals surface area contributed by atoms with Crippen molar-refractivity contribution >= 4 is 5.97 Å². The van der Waals surface area contributed by atoms with Gasteiger partial charge in [0.25, 0.3) is 0 Å². The third-order valence-electron chi connectivity index (χ3n) is 2.56. The molecule has 0 radical (unpaired) electrons. The Hall–Kier alpha value is -2.30. The molecule has 0 fully saturated rings. The second-order valence-electron chi connectivity index (χ2n) is 4.12. The number of aryl methyl sites for hydroxylation is 1. The minimum absolute atomic E-state index is 0.259. The normalized spacial score (nSPS) is 10.2. The molecule has 1 aromatic heterocycles. The van der Waals surface area contributed by atoms with Crippen LogP contribution in [0.2, 0.25) is 0 Å². The molecule has 19 heavy (non-hydrogen) atoms. The summed E-state index contributed by atoms with van der Waals surface area (Å²) >= 11 is 0. The average molecular weight is 261 g/mol. The Morgan fingerprint density at radius 3 is 2.63 bits per heavy atom. The molecule has 0 N–H and O–H groups in total. The van der Waals surface area contributed by atoms with Crippen molar-refractivity contribution in [1.29, 1.82) is 0 Å². The number of carbonyl (C=O) groups excluding carboxylic acids is 1. The molecule has 0 atom stereocenters. The fourth-order valence-electron chi connectivity index (χ4n) is 1.58. The van der Waals surface area contributed by atoms with Gasteiger partial charge in [0.2, 0.25) is 0 Å². The molecule has 0 aliphatic rings. The van der Waals surface area contributed by atoms with E-state index in [4.69, 9.17) is 9.26 Å². The van der Waals surface area contributed by atoms with Crippen molar-refractivity contribution in [3.63, 3.8) is 0 Å². The molecular formula is C14H15NO4. The summed E-state index contributed by atoms with van der Waals surface area (Å²) in [5.41, 5.74) is 1.71. The first-order valence-corrected chi connectivity index (χ1v) is 5.88. The van der Waals surface area contributed by atoms with Gasteiger partial charge < -0.3 is 14.0 Å². The molecule has 2 aromatic rings. The van der Waals surface area contributed by atoms with Gasteiger partial charge in [0.1, 0.15) is 12.4 Å². The average Bonchev–Trinajstić information content (AvgIpc) is 2.83. The summed E-state index contributed by atoms with van der Waals surface area (Å²) in [4.78, 5) is 11.1. The van der Waals surface area contributed by atoms with Crippen molar-refractivity contribution in [2.24, 2.45) is 0 Å². The van der Waals surface area contributed by atoms with Crippen LogP contribution in [-0.2, 0) is 22.6 Å². The maximum absolute atomic E-state index is 11.1. The molecule has 0 aliphatic heterocycles. The first-order valence-electron chi connectivity index (χ1n) is 5.88. The number of rotatable bonds is 5. The number of carbonyl (C=O) groups is 1. The molecule has 0 saturated heterocycles. The summed E-state index contributed by atoms with van der Waals surface area (Å²) in [5.74, 6) is 1.13. The summed E-state index contributed by atoms with van der Waals surface area (Å²) in [6.07, 6.45) is 0.262. The number of benzene rings is 1. The first kappa shape index (κ1) is 13.1. The van der Waals surface area contributed by atoms with E-state index in [1.165, 1.54) is 7.11 Å². The van der Waals surface area contributed by atoms with Crippen LogP contribution in [0.1, 0.15) is 17.0 Å². The van der Waals surface area contributed by atoms with Crippen LogP contribution in [0.25, 0.3) is 0 Å². The molecule has 0 amide bonds. The Labute approximate surface area is 111 Å². The highest BCUT2D eigenvalue weighted by Gasteiger charge is 2.04. The van der Waals surface area contributed by atoms with E-state index in [0.29, 0.717) is 18.1 Å². The molecule has 5 nitrogen and oxygen atoms in total. The van der Waals surface area contributed by atoms with E-state index in [9.17, 15) is 4.79 Å². The van der Waals surface area contributed by atoms with Gasteiger partial charge in [-0.25, -0.2) is 0 Å². The topological polar surface area (TPSA) is 61.6 Å². The first-order chi connectivity index (χ1) is 9.17. The predicted molar refractivity (Wildman–Crippen MR) is 67.7 cm³/mol. The maximum atomic E-state index is 11.1. The number of hydrogen-bond donors (Lipinski definition) is 0. The van der Waals surface area contributed by atoms with Crippen LogP contribution in [0.5, 0.6) is 5.75 Å². The van der Waals surface area contributed by atoms with Gasteiger partial charge in [0.05, 0.1) is 19.2 Å². The Morgan fingerprint density at radius 2 is 2.05 bits per heavy atom. The SMILES string of the molecule is COC(=O)Cc1ccc(OCc2cc(C)no2)cc1. The van der Waals surface area contributed by atoms with Crippen molar-refractivity contribution in [3.05, 3.63) is 47.3 Å². The Balaban J connectivity index is 1.89. The van der Waals surface area contributed by atoms with Gasteiger partial charge in [-0.1, -0.05) is 17.3 Å². The van der Waals surface area contributed by atoms with Gasteiger partial charge >= 0.3 is 5.97 Å². The predicted octanol–water partition coefficient (Wildman–Crippen LogP) is 2.28. The minimum atomic E-state index is -0.259. The third kappa shape index (κ3) is 3.84. The van der Waals surface area contributed by atoms with E-state index < -0.39 is 0 Å². The second-order valence-corrected chi connectivity index (χ2v) is 4.12. The van der Waals surface area contributed by atoms with Gasteiger partial charge in [-0.3, -0.25) is 4.79 Å². The number of hydrogen-bond acceptors (Lipinski definition) is 5. The highest BCUT2D eigenvalue weighted by Crippen LogP contribution is 2.15. The molecule has 0 unspecified atom stereocenters. The molecular weight excluding hydrogens is 246 g/mol. The van der Waals surface area contributed by atoms with Crippen molar-refractivity contribution in [3.8, 4) is 5.75 Å². The van der Waals surface area contributed by atoms with Gasteiger partial charge in [-0.05, 0) is 24.6 Å².